The SMILES string of the molecule is C=CCNS(=O)(=O)c1cc(C(=O)Nc2nc(C)cs2)ccc1Cl. The molecule has 0 spiro atoms. The molecular weight excluding hydrogens is 358 g/mol. The molecular formula is C14H14ClN3O3S2. The van der Waals surface area contributed by atoms with Crippen molar-refractivity contribution in [1.82, 2.24) is 9.71 Å². The molecule has 0 aliphatic rings. The molecule has 0 saturated carbocycles. The molecule has 0 fully saturated rings. The van der Waals surface area contributed by atoms with E-state index in [2.05, 4.69) is 21.6 Å². The lowest BCUT2D eigenvalue weighted by molar-refractivity contribution is 0.102. The Morgan fingerprint density at radius 3 is 2.83 bits per heavy atom. The van der Waals surface area contributed by atoms with Crippen LogP contribution >= 0.6 is 22.9 Å². The molecule has 6 nitrogen and oxygen atoms in total. The van der Waals surface area contributed by atoms with E-state index in [-0.39, 0.29) is 22.0 Å². The van der Waals surface area contributed by atoms with Crippen molar-refractivity contribution in [2.75, 3.05) is 11.9 Å². The fourth-order valence-corrected chi connectivity index (χ4v) is 3.88. The van der Waals surface area contributed by atoms with Gasteiger partial charge >= 0.3 is 0 Å². The van der Waals surface area contributed by atoms with E-state index in [0.717, 1.165) is 5.69 Å². The van der Waals surface area contributed by atoms with Gasteiger partial charge in [-0.3, -0.25) is 10.1 Å². The summed E-state index contributed by atoms with van der Waals surface area (Å²) >= 11 is 7.23. The first-order valence-corrected chi connectivity index (χ1v) is 9.21. The first-order valence-electron chi connectivity index (χ1n) is 6.47. The van der Waals surface area contributed by atoms with Crippen molar-refractivity contribution < 1.29 is 13.2 Å². The molecule has 0 unspecified atom stereocenters. The molecule has 122 valence electrons. The molecule has 0 radical (unpaired) electrons. The van der Waals surface area contributed by atoms with Crippen LogP contribution in [0.2, 0.25) is 5.02 Å². The summed E-state index contributed by atoms with van der Waals surface area (Å²) in [5.41, 5.74) is 0.958. The normalized spacial score (nSPS) is 11.2. The van der Waals surface area contributed by atoms with E-state index in [1.807, 2.05) is 6.92 Å². The molecule has 2 rings (SSSR count). The predicted octanol–water partition coefficient (Wildman–Crippen LogP) is 2.82. The molecule has 1 aromatic carbocycles. The Kier molecular flexibility index (Phi) is 5.53. The molecule has 1 aromatic heterocycles. The van der Waals surface area contributed by atoms with Gasteiger partial charge in [0.1, 0.15) is 4.90 Å². The van der Waals surface area contributed by atoms with Crippen LogP contribution in [0.1, 0.15) is 16.1 Å². The third-order valence-corrected chi connectivity index (χ3v) is 5.52. The van der Waals surface area contributed by atoms with Gasteiger partial charge in [-0.15, -0.1) is 17.9 Å². The maximum Gasteiger partial charge on any atom is 0.257 e. The van der Waals surface area contributed by atoms with Crippen molar-refractivity contribution in [2.45, 2.75) is 11.8 Å². The highest BCUT2D eigenvalue weighted by molar-refractivity contribution is 7.89. The zero-order valence-corrected chi connectivity index (χ0v) is 14.6. The largest absolute Gasteiger partial charge is 0.298 e. The summed E-state index contributed by atoms with van der Waals surface area (Å²) in [5, 5.41) is 4.88. The summed E-state index contributed by atoms with van der Waals surface area (Å²) in [6.45, 7) is 5.32. The zero-order valence-electron chi connectivity index (χ0n) is 12.2. The molecule has 9 heteroatoms. The van der Waals surface area contributed by atoms with Gasteiger partial charge in [-0.2, -0.15) is 0 Å². The number of thiazole rings is 1. The van der Waals surface area contributed by atoms with Gasteiger partial charge in [-0.1, -0.05) is 17.7 Å². The van der Waals surface area contributed by atoms with Gasteiger partial charge in [0.05, 0.1) is 10.7 Å². The first-order chi connectivity index (χ1) is 10.8. The average Bonchev–Trinajstić information content (AvgIpc) is 2.90. The average molecular weight is 372 g/mol. The van der Waals surface area contributed by atoms with Gasteiger partial charge < -0.3 is 0 Å². The number of nitrogens with zero attached hydrogens (tertiary/aromatic N) is 1. The van der Waals surface area contributed by atoms with Crippen molar-refractivity contribution in [3.63, 3.8) is 0 Å². The molecule has 1 amide bonds. The topological polar surface area (TPSA) is 88.2 Å². The van der Waals surface area contributed by atoms with Crippen LogP contribution in [0.15, 0.2) is 41.1 Å². The summed E-state index contributed by atoms with van der Waals surface area (Å²) in [4.78, 5) is 16.2. The van der Waals surface area contributed by atoms with E-state index < -0.39 is 15.9 Å². The number of amides is 1. The molecule has 2 N–H and O–H groups in total. The second-order valence-electron chi connectivity index (χ2n) is 4.53. The fourth-order valence-electron chi connectivity index (χ4n) is 1.68. The summed E-state index contributed by atoms with van der Waals surface area (Å²) < 4.78 is 26.6. The molecule has 0 aliphatic heterocycles. The Labute approximate surface area is 143 Å². The predicted molar refractivity (Wildman–Crippen MR) is 91.6 cm³/mol. The molecule has 1 heterocycles. The van der Waals surface area contributed by atoms with Gasteiger partial charge in [-0.05, 0) is 25.1 Å². The number of sulfonamides is 1. The Hall–Kier alpha value is -1.74. The summed E-state index contributed by atoms with van der Waals surface area (Å²) in [5.74, 6) is -0.462. The van der Waals surface area contributed by atoms with Crippen LogP contribution in [-0.2, 0) is 10.0 Å². The van der Waals surface area contributed by atoms with Crippen LogP contribution in [-0.4, -0.2) is 25.9 Å². The highest BCUT2D eigenvalue weighted by Crippen LogP contribution is 2.23. The van der Waals surface area contributed by atoms with Crippen molar-refractivity contribution in [2.24, 2.45) is 0 Å². The Balaban J connectivity index is 2.29. The number of benzene rings is 1. The minimum Gasteiger partial charge on any atom is -0.298 e. The zero-order chi connectivity index (χ0) is 17.0. The third kappa shape index (κ3) is 4.38. The van der Waals surface area contributed by atoms with Crippen molar-refractivity contribution in [1.29, 1.82) is 0 Å². The lowest BCUT2D eigenvalue weighted by Gasteiger charge is -2.09. The number of rotatable bonds is 6. The van der Waals surface area contributed by atoms with Gasteiger partial charge in [0.15, 0.2) is 5.13 Å². The van der Waals surface area contributed by atoms with Crippen LogP contribution in [0.4, 0.5) is 5.13 Å². The van der Waals surface area contributed by atoms with E-state index in [9.17, 15) is 13.2 Å². The number of nitrogens with one attached hydrogen (secondary N) is 2. The number of hydrogen-bond donors (Lipinski definition) is 2. The monoisotopic (exact) mass is 371 g/mol. The molecule has 0 aliphatic carbocycles. The smallest absolute Gasteiger partial charge is 0.257 e. The second kappa shape index (κ2) is 7.22. The summed E-state index contributed by atoms with van der Waals surface area (Å²) in [7, 11) is -3.82. The Morgan fingerprint density at radius 1 is 1.48 bits per heavy atom. The number of carbonyl (C=O) groups is 1. The third-order valence-electron chi connectivity index (χ3n) is 2.74. The van der Waals surface area contributed by atoms with Crippen LogP contribution < -0.4 is 10.0 Å². The van der Waals surface area contributed by atoms with Crippen LogP contribution in [0.3, 0.4) is 0 Å². The van der Waals surface area contributed by atoms with Crippen LogP contribution in [0, 0.1) is 6.92 Å². The second-order valence-corrected chi connectivity index (χ2v) is 7.53. The molecule has 0 atom stereocenters. The van der Waals surface area contributed by atoms with E-state index in [0.29, 0.717) is 5.13 Å². The Morgan fingerprint density at radius 2 is 2.22 bits per heavy atom. The van der Waals surface area contributed by atoms with Crippen molar-refractivity contribution in [3.8, 4) is 0 Å². The fraction of sp³-hybridized carbons (Fsp3) is 0.143. The van der Waals surface area contributed by atoms with E-state index >= 15 is 0 Å². The highest BCUT2D eigenvalue weighted by Gasteiger charge is 2.19. The van der Waals surface area contributed by atoms with Crippen LogP contribution in [0.5, 0.6) is 0 Å². The minimum absolute atomic E-state index is 0.0307. The first kappa shape index (κ1) is 17.6. The van der Waals surface area contributed by atoms with Gasteiger partial charge in [0.2, 0.25) is 10.0 Å². The van der Waals surface area contributed by atoms with Gasteiger partial charge in [-0.25, -0.2) is 18.1 Å². The highest BCUT2D eigenvalue weighted by atomic mass is 35.5. The number of aryl methyl sites for hydroxylation is 1. The number of anilines is 1. The van der Waals surface area contributed by atoms with E-state index in [1.54, 1.807) is 5.38 Å². The van der Waals surface area contributed by atoms with Crippen molar-refractivity contribution >= 4 is 44.0 Å². The number of aromatic nitrogens is 1. The standard InChI is InChI=1S/C14H14ClN3O3S2/c1-3-6-16-23(20,21)12-7-10(4-5-11(12)15)13(19)18-14-17-9(2)8-22-14/h3-5,7-8,16H,1,6H2,2H3,(H,17,18,19). The summed E-state index contributed by atoms with van der Waals surface area (Å²) in [6, 6.07) is 4.04. The maximum atomic E-state index is 12.2. The number of hydrogen-bond acceptors (Lipinski definition) is 5. The Bertz CT molecular complexity index is 847. The van der Waals surface area contributed by atoms with Gasteiger partial charge in [0.25, 0.3) is 5.91 Å². The number of halogens is 1. The van der Waals surface area contributed by atoms with Crippen molar-refractivity contribution in [3.05, 3.63) is 52.5 Å². The molecule has 23 heavy (non-hydrogen) atoms. The van der Waals surface area contributed by atoms with Gasteiger partial charge in [0, 0.05) is 17.5 Å². The molecule has 0 saturated heterocycles. The van der Waals surface area contributed by atoms with E-state index in [4.69, 9.17) is 11.6 Å². The lowest BCUT2D eigenvalue weighted by atomic mass is 10.2. The maximum absolute atomic E-state index is 12.2. The summed E-state index contributed by atoms with van der Waals surface area (Å²) in [6.07, 6.45) is 1.41. The number of carbonyl (C=O) groups excluding carboxylic acids is 1. The van der Waals surface area contributed by atoms with E-state index in [1.165, 1.54) is 35.6 Å². The lowest BCUT2D eigenvalue weighted by Crippen LogP contribution is -2.24. The van der Waals surface area contributed by atoms with Crippen LogP contribution in [0.25, 0.3) is 0 Å². The molecule has 2 aromatic rings. The minimum atomic E-state index is -3.82. The quantitative estimate of drug-likeness (QED) is 0.764. The molecule has 0 bridgehead atoms.